The van der Waals surface area contributed by atoms with E-state index in [1.54, 1.807) is 6.92 Å². The van der Waals surface area contributed by atoms with Gasteiger partial charge in [-0.05, 0) is 44.0 Å². The van der Waals surface area contributed by atoms with Gasteiger partial charge in [0.25, 0.3) is 0 Å². The van der Waals surface area contributed by atoms with E-state index < -0.39 is 20.0 Å². The largest absolute Gasteiger partial charge is 0.326 e. The monoisotopic (exact) mass is 375 g/mol. The zero-order chi connectivity index (χ0) is 18.0. The first-order valence-electron chi connectivity index (χ1n) is 7.55. The SMILES string of the molecule is CCS(=O)(=O)N1CCC(C(=O)Nc2ccc(S(N)(=O)=O)cc2)CC1. The van der Waals surface area contributed by atoms with Crippen LogP contribution in [0.25, 0.3) is 0 Å². The minimum absolute atomic E-state index is 0.0291. The molecule has 0 aliphatic carbocycles. The number of hydrogen-bond acceptors (Lipinski definition) is 5. The quantitative estimate of drug-likeness (QED) is 0.767. The lowest BCUT2D eigenvalue weighted by Gasteiger charge is -2.30. The summed E-state index contributed by atoms with van der Waals surface area (Å²) in [6, 6.07) is 5.57. The maximum absolute atomic E-state index is 12.3. The van der Waals surface area contributed by atoms with E-state index in [2.05, 4.69) is 5.32 Å². The molecule has 0 atom stereocenters. The minimum Gasteiger partial charge on any atom is -0.326 e. The van der Waals surface area contributed by atoms with Gasteiger partial charge < -0.3 is 5.32 Å². The number of benzene rings is 1. The molecule has 0 radical (unpaired) electrons. The number of nitrogens with zero attached hydrogens (tertiary/aromatic N) is 1. The highest BCUT2D eigenvalue weighted by Crippen LogP contribution is 2.22. The Morgan fingerprint density at radius 2 is 1.71 bits per heavy atom. The van der Waals surface area contributed by atoms with Crippen molar-refractivity contribution >= 4 is 31.6 Å². The molecule has 2 rings (SSSR count). The Balaban J connectivity index is 1.95. The molecular weight excluding hydrogens is 354 g/mol. The van der Waals surface area contributed by atoms with Crippen LogP contribution in [0.2, 0.25) is 0 Å². The van der Waals surface area contributed by atoms with Crippen molar-refractivity contribution in [3.8, 4) is 0 Å². The highest BCUT2D eigenvalue weighted by Gasteiger charge is 2.30. The van der Waals surface area contributed by atoms with Crippen LogP contribution < -0.4 is 10.5 Å². The first-order valence-corrected chi connectivity index (χ1v) is 10.7. The van der Waals surface area contributed by atoms with Crippen molar-refractivity contribution in [1.29, 1.82) is 0 Å². The van der Waals surface area contributed by atoms with Crippen molar-refractivity contribution in [1.82, 2.24) is 4.31 Å². The van der Waals surface area contributed by atoms with E-state index in [0.29, 0.717) is 31.6 Å². The molecule has 1 heterocycles. The molecule has 0 saturated carbocycles. The van der Waals surface area contributed by atoms with Gasteiger partial charge in [0.1, 0.15) is 0 Å². The molecule has 1 aliphatic rings. The summed E-state index contributed by atoms with van der Waals surface area (Å²) in [7, 11) is -6.98. The zero-order valence-electron chi connectivity index (χ0n) is 13.3. The number of piperidine rings is 1. The van der Waals surface area contributed by atoms with Gasteiger partial charge in [0.05, 0.1) is 10.6 Å². The van der Waals surface area contributed by atoms with Crippen molar-refractivity contribution in [3.05, 3.63) is 24.3 Å². The van der Waals surface area contributed by atoms with Gasteiger partial charge in [-0.1, -0.05) is 0 Å². The smallest absolute Gasteiger partial charge is 0.238 e. The second-order valence-electron chi connectivity index (χ2n) is 5.63. The number of amides is 1. The lowest BCUT2D eigenvalue weighted by molar-refractivity contribution is -0.120. The third-order valence-electron chi connectivity index (χ3n) is 4.03. The molecule has 1 saturated heterocycles. The van der Waals surface area contributed by atoms with Crippen LogP contribution in [0.5, 0.6) is 0 Å². The van der Waals surface area contributed by atoms with Crippen LogP contribution in [-0.4, -0.2) is 45.9 Å². The standard InChI is InChI=1S/C14H21N3O5S2/c1-2-23(19,20)17-9-7-11(8-10-17)14(18)16-12-3-5-13(6-4-12)24(15,21)22/h3-6,11H,2,7-10H2,1H3,(H,16,18)(H2,15,21,22). The number of primary sulfonamides is 1. The predicted octanol–water partition coefficient (Wildman–Crippen LogP) is 0.334. The molecular formula is C14H21N3O5S2. The van der Waals surface area contributed by atoms with Gasteiger partial charge in [0.15, 0.2) is 0 Å². The maximum Gasteiger partial charge on any atom is 0.238 e. The summed E-state index contributed by atoms with van der Waals surface area (Å²) >= 11 is 0. The lowest BCUT2D eigenvalue weighted by atomic mass is 9.97. The van der Waals surface area contributed by atoms with Gasteiger partial charge in [-0.15, -0.1) is 0 Å². The third kappa shape index (κ3) is 4.53. The maximum atomic E-state index is 12.3. The number of sulfonamides is 2. The Morgan fingerprint density at radius 1 is 1.17 bits per heavy atom. The molecule has 1 aromatic carbocycles. The Hall–Kier alpha value is -1.49. The van der Waals surface area contributed by atoms with E-state index in [-0.39, 0.29) is 22.5 Å². The Kier molecular flexibility index (Phi) is 5.63. The molecule has 1 aliphatic heterocycles. The summed E-state index contributed by atoms with van der Waals surface area (Å²) in [5.74, 6) is -0.418. The number of carbonyl (C=O) groups excluding carboxylic acids is 1. The fourth-order valence-corrected chi connectivity index (χ4v) is 4.20. The van der Waals surface area contributed by atoms with Crippen LogP contribution in [0.1, 0.15) is 19.8 Å². The fraction of sp³-hybridized carbons (Fsp3) is 0.500. The zero-order valence-corrected chi connectivity index (χ0v) is 14.9. The molecule has 0 bridgehead atoms. The number of rotatable bonds is 5. The summed E-state index contributed by atoms with van der Waals surface area (Å²) in [5.41, 5.74) is 0.469. The van der Waals surface area contributed by atoms with Crippen molar-refractivity contribution in [2.45, 2.75) is 24.7 Å². The first-order chi connectivity index (χ1) is 11.1. The van der Waals surface area contributed by atoms with E-state index in [1.165, 1.54) is 28.6 Å². The summed E-state index contributed by atoms with van der Waals surface area (Å²) in [5, 5.41) is 7.73. The number of nitrogens with two attached hydrogens (primary N) is 1. The summed E-state index contributed by atoms with van der Waals surface area (Å²) < 4.78 is 47.4. The van der Waals surface area contributed by atoms with Gasteiger partial charge in [-0.2, -0.15) is 0 Å². The third-order valence-corrected chi connectivity index (χ3v) is 6.84. The molecule has 0 spiro atoms. The normalized spacial score (nSPS) is 17.6. The van der Waals surface area contributed by atoms with Crippen molar-refractivity contribution in [2.75, 3.05) is 24.2 Å². The van der Waals surface area contributed by atoms with Crippen molar-refractivity contribution in [3.63, 3.8) is 0 Å². The average Bonchev–Trinajstić information content (AvgIpc) is 2.54. The molecule has 1 amide bonds. The Bertz CT molecular complexity index is 795. The molecule has 134 valence electrons. The molecule has 1 aromatic rings. The molecule has 24 heavy (non-hydrogen) atoms. The second kappa shape index (κ2) is 7.18. The van der Waals surface area contributed by atoms with Crippen molar-refractivity contribution in [2.24, 2.45) is 11.1 Å². The van der Waals surface area contributed by atoms with Gasteiger partial charge in [-0.25, -0.2) is 26.3 Å². The highest BCUT2D eigenvalue weighted by atomic mass is 32.2. The average molecular weight is 375 g/mol. The van der Waals surface area contributed by atoms with E-state index >= 15 is 0 Å². The van der Waals surface area contributed by atoms with Gasteiger partial charge >= 0.3 is 0 Å². The van der Waals surface area contributed by atoms with Crippen LogP contribution in [-0.2, 0) is 24.8 Å². The molecule has 3 N–H and O–H groups in total. The molecule has 8 nitrogen and oxygen atoms in total. The summed E-state index contributed by atoms with van der Waals surface area (Å²) in [6.07, 6.45) is 0.917. The number of nitrogens with one attached hydrogen (secondary N) is 1. The predicted molar refractivity (Wildman–Crippen MR) is 90.2 cm³/mol. The summed E-state index contributed by atoms with van der Waals surface area (Å²) in [4.78, 5) is 12.2. The van der Waals surface area contributed by atoms with Crippen LogP contribution in [0.4, 0.5) is 5.69 Å². The highest BCUT2D eigenvalue weighted by molar-refractivity contribution is 7.89. The van der Waals surface area contributed by atoms with Gasteiger partial charge in [0, 0.05) is 24.7 Å². The van der Waals surface area contributed by atoms with Crippen molar-refractivity contribution < 1.29 is 21.6 Å². The van der Waals surface area contributed by atoms with Crippen LogP contribution >= 0.6 is 0 Å². The summed E-state index contributed by atoms with van der Waals surface area (Å²) in [6.45, 7) is 2.26. The molecule has 10 heteroatoms. The topological polar surface area (TPSA) is 127 Å². The van der Waals surface area contributed by atoms with E-state index in [0.717, 1.165) is 0 Å². The lowest BCUT2D eigenvalue weighted by Crippen LogP contribution is -2.42. The Morgan fingerprint density at radius 3 is 2.17 bits per heavy atom. The minimum atomic E-state index is -3.77. The number of carbonyl (C=O) groups is 1. The molecule has 0 unspecified atom stereocenters. The van der Waals surface area contributed by atoms with Crippen LogP contribution in [0, 0.1) is 5.92 Å². The molecule has 1 fully saturated rings. The first kappa shape index (κ1) is 18.8. The second-order valence-corrected chi connectivity index (χ2v) is 9.45. The number of anilines is 1. The Labute approximate surface area is 142 Å². The van der Waals surface area contributed by atoms with E-state index in [1.807, 2.05) is 0 Å². The van der Waals surface area contributed by atoms with Crippen LogP contribution in [0.3, 0.4) is 0 Å². The van der Waals surface area contributed by atoms with E-state index in [9.17, 15) is 21.6 Å². The van der Waals surface area contributed by atoms with Gasteiger partial charge in [0.2, 0.25) is 26.0 Å². The molecule has 0 aromatic heterocycles. The van der Waals surface area contributed by atoms with E-state index in [4.69, 9.17) is 5.14 Å². The fourth-order valence-electron chi connectivity index (χ4n) is 2.55. The van der Waals surface area contributed by atoms with Gasteiger partial charge in [-0.3, -0.25) is 4.79 Å². The van der Waals surface area contributed by atoms with Crippen LogP contribution in [0.15, 0.2) is 29.2 Å². The number of hydrogen-bond donors (Lipinski definition) is 2.